The summed E-state index contributed by atoms with van der Waals surface area (Å²) < 4.78 is 5.15. The van der Waals surface area contributed by atoms with Crippen LogP contribution < -0.4 is 5.32 Å². The number of methoxy groups -OCH3 is 1. The Bertz CT molecular complexity index is 375. The Morgan fingerprint density at radius 1 is 1.35 bits per heavy atom. The molecule has 0 amide bonds. The van der Waals surface area contributed by atoms with E-state index < -0.39 is 0 Å². The lowest BCUT2D eigenvalue weighted by Crippen LogP contribution is -2.27. The van der Waals surface area contributed by atoms with Crippen molar-refractivity contribution >= 4 is 0 Å². The highest BCUT2D eigenvalue weighted by Crippen LogP contribution is 2.16. The van der Waals surface area contributed by atoms with Gasteiger partial charge in [-0.2, -0.15) is 0 Å². The predicted octanol–water partition coefficient (Wildman–Crippen LogP) is 2.64. The van der Waals surface area contributed by atoms with Crippen molar-refractivity contribution in [2.24, 2.45) is 0 Å². The van der Waals surface area contributed by atoms with Gasteiger partial charge in [0, 0.05) is 33.3 Å². The van der Waals surface area contributed by atoms with Crippen molar-refractivity contribution in [3.05, 3.63) is 48.0 Å². The molecule has 20 heavy (non-hydrogen) atoms. The number of hydrogen-bond acceptors (Lipinski definition) is 3. The lowest BCUT2D eigenvalue weighted by atomic mass is 10.00. The average Bonchev–Trinajstić information content (AvgIpc) is 2.46. The molecule has 0 aliphatic carbocycles. The molecule has 0 aromatic heterocycles. The van der Waals surface area contributed by atoms with E-state index in [2.05, 4.69) is 48.0 Å². The van der Waals surface area contributed by atoms with Gasteiger partial charge in [-0.15, -0.1) is 6.58 Å². The van der Waals surface area contributed by atoms with E-state index >= 15 is 0 Å². The fourth-order valence-corrected chi connectivity index (χ4v) is 2.27. The van der Waals surface area contributed by atoms with Gasteiger partial charge in [-0.1, -0.05) is 37.3 Å². The lowest BCUT2D eigenvalue weighted by Gasteiger charge is -2.20. The van der Waals surface area contributed by atoms with Gasteiger partial charge in [0.1, 0.15) is 0 Å². The molecule has 0 aliphatic rings. The second kappa shape index (κ2) is 9.70. The minimum atomic E-state index is 0.548. The van der Waals surface area contributed by atoms with Gasteiger partial charge in [0.25, 0.3) is 0 Å². The molecule has 0 spiro atoms. The maximum Gasteiger partial charge on any atom is 0.0589 e. The van der Waals surface area contributed by atoms with E-state index in [0.717, 1.165) is 32.8 Å². The molecular weight excluding hydrogens is 248 g/mol. The maximum atomic E-state index is 5.15. The largest absolute Gasteiger partial charge is 0.383 e. The van der Waals surface area contributed by atoms with Crippen molar-refractivity contribution in [3.8, 4) is 0 Å². The van der Waals surface area contributed by atoms with Gasteiger partial charge in [0.2, 0.25) is 0 Å². The molecule has 0 radical (unpaired) electrons. The summed E-state index contributed by atoms with van der Waals surface area (Å²) in [6.45, 7) is 10.6. The molecule has 1 unspecified atom stereocenters. The molecule has 0 fully saturated rings. The van der Waals surface area contributed by atoms with Crippen LogP contribution in [0.25, 0.3) is 0 Å². The summed E-state index contributed by atoms with van der Waals surface area (Å²) in [6, 6.07) is 8.92. The van der Waals surface area contributed by atoms with Gasteiger partial charge >= 0.3 is 0 Å². The molecule has 3 nitrogen and oxygen atoms in total. The Morgan fingerprint density at radius 2 is 2.05 bits per heavy atom. The van der Waals surface area contributed by atoms with Crippen molar-refractivity contribution in [1.82, 2.24) is 10.2 Å². The normalized spacial score (nSPS) is 12.6. The van der Waals surface area contributed by atoms with Crippen LogP contribution in [0.5, 0.6) is 0 Å². The SMILES string of the molecule is C=CCN(CCOC)Cc1ccc(C(C)CNC)cc1. The van der Waals surface area contributed by atoms with Crippen LogP contribution >= 0.6 is 0 Å². The van der Waals surface area contributed by atoms with E-state index in [1.165, 1.54) is 11.1 Å². The molecule has 1 atom stereocenters. The Balaban J connectivity index is 2.59. The Kier molecular flexibility index (Phi) is 8.19. The number of benzene rings is 1. The highest BCUT2D eigenvalue weighted by molar-refractivity contribution is 5.25. The summed E-state index contributed by atoms with van der Waals surface area (Å²) in [5.41, 5.74) is 2.72. The van der Waals surface area contributed by atoms with Gasteiger partial charge in [-0.25, -0.2) is 0 Å². The molecule has 1 aromatic carbocycles. The first-order valence-corrected chi connectivity index (χ1v) is 7.26. The van der Waals surface area contributed by atoms with E-state index in [1.54, 1.807) is 7.11 Å². The summed E-state index contributed by atoms with van der Waals surface area (Å²) in [5, 5.41) is 3.22. The van der Waals surface area contributed by atoms with E-state index in [0.29, 0.717) is 5.92 Å². The summed E-state index contributed by atoms with van der Waals surface area (Å²) in [7, 11) is 3.73. The molecule has 0 saturated carbocycles. The first-order chi connectivity index (χ1) is 9.71. The molecule has 1 aromatic rings. The first kappa shape index (κ1) is 16.9. The van der Waals surface area contributed by atoms with E-state index in [-0.39, 0.29) is 0 Å². The summed E-state index contributed by atoms with van der Waals surface area (Å²) in [6.07, 6.45) is 1.94. The zero-order valence-electron chi connectivity index (χ0n) is 13.1. The standard InChI is InChI=1S/C17H28N2O/c1-5-10-19(11-12-20-4)14-16-6-8-17(9-7-16)15(2)13-18-3/h5-9,15,18H,1,10-14H2,2-4H3. The number of likely N-dealkylation sites (N-methyl/N-ethyl adjacent to an activating group) is 1. The van der Waals surface area contributed by atoms with Gasteiger partial charge in [0.15, 0.2) is 0 Å². The maximum absolute atomic E-state index is 5.15. The van der Waals surface area contributed by atoms with Crippen LogP contribution in [0, 0.1) is 0 Å². The fourth-order valence-electron chi connectivity index (χ4n) is 2.27. The van der Waals surface area contributed by atoms with Crippen LogP contribution in [0.4, 0.5) is 0 Å². The molecular formula is C17H28N2O. The minimum absolute atomic E-state index is 0.548. The predicted molar refractivity (Wildman–Crippen MR) is 86.1 cm³/mol. The minimum Gasteiger partial charge on any atom is -0.383 e. The molecule has 1 N–H and O–H groups in total. The van der Waals surface area contributed by atoms with Crippen LogP contribution in [0.15, 0.2) is 36.9 Å². The van der Waals surface area contributed by atoms with Crippen molar-refractivity contribution < 1.29 is 4.74 Å². The third-order valence-corrected chi connectivity index (χ3v) is 3.46. The van der Waals surface area contributed by atoms with Crippen molar-refractivity contribution in [3.63, 3.8) is 0 Å². The number of nitrogens with one attached hydrogen (secondary N) is 1. The highest BCUT2D eigenvalue weighted by atomic mass is 16.5. The molecule has 0 bridgehead atoms. The third kappa shape index (κ3) is 5.87. The molecule has 0 aliphatic heterocycles. The highest BCUT2D eigenvalue weighted by Gasteiger charge is 2.06. The van der Waals surface area contributed by atoms with Gasteiger partial charge < -0.3 is 10.1 Å². The quantitative estimate of drug-likeness (QED) is 0.665. The average molecular weight is 276 g/mol. The monoisotopic (exact) mass is 276 g/mol. The van der Waals surface area contributed by atoms with Crippen LogP contribution in [0.3, 0.4) is 0 Å². The Morgan fingerprint density at radius 3 is 2.60 bits per heavy atom. The van der Waals surface area contributed by atoms with Crippen LogP contribution in [-0.2, 0) is 11.3 Å². The van der Waals surface area contributed by atoms with E-state index in [1.807, 2.05) is 13.1 Å². The third-order valence-electron chi connectivity index (χ3n) is 3.46. The van der Waals surface area contributed by atoms with E-state index in [9.17, 15) is 0 Å². The smallest absolute Gasteiger partial charge is 0.0589 e. The molecule has 112 valence electrons. The molecule has 1 rings (SSSR count). The van der Waals surface area contributed by atoms with Gasteiger partial charge in [0.05, 0.1) is 6.61 Å². The Labute approximate surface area is 123 Å². The first-order valence-electron chi connectivity index (χ1n) is 7.26. The Hall–Kier alpha value is -1.16. The van der Waals surface area contributed by atoms with Crippen molar-refractivity contribution in [2.75, 3.05) is 40.4 Å². The lowest BCUT2D eigenvalue weighted by molar-refractivity contribution is 0.151. The van der Waals surface area contributed by atoms with E-state index in [4.69, 9.17) is 4.74 Å². The van der Waals surface area contributed by atoms with Crippen LogP contribution in [-0.4, -0.2) is 45.3 Å². The second-order valence-electron chi connectivity index (χ2n) is 5.22. The van der Waals surface area contributed by atoms with Crippen molar-refractivity contribution in [1.29, 1.82) is 0 Å². The number of nitrogens with zero attached hydrogens (tertiary/aromatic N) is 1. The molecule has 3 heteroatoms. The molecule has 0 heterocycles. The molecule has 0 saturated heterocycles. The number of hydrogen-bond donors (Lipinski definition) is 1. The van der Waals surface area contributed by atoms with Crippen molar-refractivity contribution in [2.45, 2.75) is 19.4 Å². The second-order valence-corrected chi connectivity index (χ2v) is 5.22. The summed E-state index contributed by atoms with van der Waals surface area (Å²) in [5.74, 6) is 0.548. The zero-order valence-corrected chi connectivity index (χ0v) is 13.1. The number of ether oxygens (including phenoxy) is 1. The van der Waals surface area contributed by atoms with Gasteiger partial charge in [-0.3, -0.25) is 4.90 Å². The van der Waals surface area contributed by atoms with Gasteiger partial charge in [-0.05, 0) is 24.1 Å². The van der Waals surface area contributed by atoms with Crippen LogP contribution in [0.2, 0.25) is 0 Å². The van der Waals surface area contributed by atoms with Crippen LogP contribution in [0.1, 0.15) is 24.0 Å². The zero-order chi connectivity index (χ0) is 14.8. The summed E-state index contributed by atoms with van der Waals surface area (Å²) in [4.78, 5) is 2.34. The number of rotatable bonds is 10. The summed E-state index contributed by atoms with van der Waals surface area (Å²) >= 11 is 0. The fraction of sp³-hybridized carbons (Fsp3) is 0.529. The topological polar surface area (TPSA) is 24.5 Å².